The van der Waals surface area contributed by atoms with Gasteiger partial charge in [0.15, 0.2) is 5.60 Å². The van der Waals surface area contributed by atoms with Crippen LogP contribution in [0.25, 0.3) is 28.0 Å². The molecule has 5 aromatic carbocycles. The van der Waals surface area contributed by atoms with Crippen molar-refractivity contribution in [2.45, 2.75) is 31.0 Å². The van der Waals surface area contributed by atoms with Gasteiger partial charge in [0.05, 0.1) is 12.7 Å². The third kappa shape index (κ3) is 3.65. The summed E-state index contributed by atoms with van der Waals surface area (Å²) in [5, 5.41) is 2.05. The fraction of sp³-hybridized carbons (Fsp3) is 0.167. The first kappa shape index (κ1) is 25.5. The molecule has 1 aliphatic heterocycles. The summed E-state index contributed by atoms with van der Waals surface area (Å²) in [5.74, 6) is 1.39. The van der Waals surface area contributed by atoms with Crippen molar-refractivity contribution in [2.24, 2.45) is 0 Å². The van der Waals surface area contributed by atoms with Crippen LogP contribution in [0.5, 0.6) is 11.5 Å². The quantitative estimate of drug-likeness (QED) is 0.224. The van der Waals surface area contributed by atoms with Gasteiger partial charge < -0.3 is 9.47 Å². The molecule has 0 N–H and O–H groups in total. The Kier molecular flexibility index (Phi) is 5.43. The van der Waals surface area contributed by atoms with Crippen molar-refractivity contribution >= 4 is 16.8 Å². The van der Waals surface area contributed by atoms with Gasteiger partial charge in [-0.05, 0) is 63.9 Å². The third-order valence-electron chi connectivity index (χ3n) is 8.57. The molecule has 2 nitrogen and oxygen atoms in total. The highest BCUT2D eigenvalue weighted by atomic mass is 19.4. The number of benzene rings is 5. The molecule has 1 atom stereocenters. The lowest BCUT2D eigenvalue weighted by molar-refractivity contribution is -0.137. The minimum atomic E-state index is -4.48. The van der Waals surface area contributed by atoms with Gasteiger partial charge in [-0.1, -0.05) is 86.6 Å². The first-order chi connectivity index (χ1) is 19.6. The lowest BCUT2D eigenvalue weighted by Crippen LogP contribution is -2.35. The van der Waals surface area contributed by atoms with Gasteiger partial charge in [0.25, 0.3) is 0 Å². The van der Waals surface area contributed by atoms with Gasteiger partial charge in [0.1, 0.15) is 11.5 Å². The zero-order valence-electron chi connectivity index (χ0n) is 22.8. The van der Waals surface area contributed by atoms with Crippen LogP contribution in [-0.2, 0) is 17.2 Å². The van der Waals surface area contributed by atoms with Crippen LogP contribution in [0.2, 0.25) is 0 Å². The van der Waals surface area contributed by atoms with Crippen LogP contribution in [0.4, 0.5) is 13.2 Å². The summed E-state index contributed by atoms with van der Waals surface area (Å²) in [6.45, 7) is 4.37. The Morgan fingerprint density at radius 3 is 2.24 bits per heavy atom. The fourth-order valence-electron chi connectivity index (χ4n) is 6.61. The summed E-state index contributed by atoms with van der Waals surface area (Å²) in [7, 11) is 1.64. The van der Waals surface area contributed by atoms with Crippen molar-refractivity contribution in [2.75, 3.05) is 7.11 Å². The van der Waals surface area contributed by atoms with Crippen LogP contribution in [0.1, 0.15) is 47.2 Å². The van der Waals surface area contributed by atoms with E-state index in [1.807, 2.05) is 66.7 Å². The standard InChI is InChI=1S/C36H27F3O2/c1-34(2)30-15-8-7-14-28(30)31-26-17-16-25(40-3)21-29(26)27-18-19-35(41-33(27)32(31)34,22-10-5-4-6-11-22)23-12-9-13-24(20-23)36(37,38)39/h4-21H,1-3H3. The third-order valence-corrected chi connectivity index (χ3v) is 8.57. The van der Waals surface area contributed by atoms with Crippen molar-refractivity contribution < 1.29 is 22.6 Å². The van der Waals surface area contributed by atoms with Gasteiger partial charge in [0, 0.05) is 27.7 Å². The molecule has 204 valence electrons. The van der Waals surface area contributed by atoms with Gasteiger partial charge in [-0.15, -0.1) is 0 Å². The molecule has 0 fully saturated rings. The molecule has 0 amide bonds. The van der Waals surface area contributed by atoms with E-state index in [1.165, 1.54) is 17.7 Å². The lowest BCUT2D eigenvalue weighted by Gasteiger charge is -2.39. The van der Waals surface area contributed by atoms with E-state index in [1.54, 1.807) is 13.2 Å². The summed E-state index contributed by atoms with van der Waals surface area (Å²) in [5.41, 5.74) is 4.07. The van der Waals surface area contributed by atoms with Gasteiger partial charge in [-0.3, -0.25) is 0 Å². The molecule has 0 bridgehead atoms. The molecule has 0 saturated carbocycles. The van der Waals surface area contributed by atoms with Gasteiger partial charge >= 0.3 is 6.18 Å². The number of halogens is 3. The molecule has 1 heterocycles. The van der Waals surface area contributed by atoms with Gasteiger partial charge in [-0.2, -0.15) is 13.2 Å². The van der Waals surface area contributed by atoms with Crippen molar-refractivity contribution in [1.29, 1.82) is 0 Å². The predicted molar refractivity (Wildman–Crippen MR) is 156 cm³/mol. The van der Waals surface area contributed by atoms with Crippen LogP contribution in [0, 0.1) is 0 Å². The van der Waals surface area contributed by atoms with Crippen LogP contribution >= 0.6 is 0 Å². The smallest absolute Gasteiger partial charge is 0.416 e. The Morgan fingerprint density at radius 2 is 1.49 bits per heavy atom. The molecule has 5 aromatic rings. The van der Waals surface area contributed by atoms with E-state index in [0.29, 0.717) is 11.3 Å². The SMILES string of the molecule is COc1ccc2c3c(c4c(c2c1)C=CC(c1ccccc1)(c1cccc(C(F)(F)F)c1)O4)C(C)(C)c1ccccc1-3. The minimum Gasteiger partial charge on any atom is -0.497 e. The zero-order chi connectivity index (χ0) is 28.6. The van der Waals surface area contributed by atoms with E-state index < -0.39 is 22.8 Å². The van der Waals surface area contributed by atoms with Crippen LogP contribution in [-0.4, -0.2) is 7.11 Å². The van der Waals surface area contributed by atoms with E-state index in [4.69, 9.17) is 9.47 Å². The number of rotatable bonds is 3. The molecule has 5 heteroatoms. The number of fused-ring (bicyclic) bond motifs is 8. The second-order valence-electron chi connectivity index (χ2n) is 11.2. The van der Waals surface area contributed by atoms with E-state index in [2.05, 4.69) is 32.0 Å². The summed E-state index contributed by atoms with van der Waals surface area (Å²) in [6.07, 6.45) is -0.588. The van der Waals surface area contributed by atoms with E-state index >= 15 is 0 Å². The number of methoxy groups -OCH3 is 1. The Bertz CT molecular complexity index is 1870. The number of ether oxygens (including phenoxy) is 2. The zero-order valence-corrected chi connectivity index (χ0v) is 22.8. The topological polar surface area (TPSA) is 18.5 Å². The van der Waals surface area contributed by atoms with Crippen molar-refractivity contribution in [1.82, 2.24) is 0 Å². The molecule has 0 aromatic heterocycles. The average Bonchev–Trinajstić information content (AvgIpc) is 3.24. The lowest BCUT2D eigenvalue weighted by atomic mass is 9.77. The number of hydrogen-bond acceptors (Lipinski definition) is 2. The maximum atomic E-state index is 13.9. The highest BCUT2D eigenvalue weighted by molar-refractivity contribution is 6.09. The van der Waals surface area contributed by atoms with Crippen molar-refractivity contribution in [3.8, 4) is 22.6 Å². The molecular formula is C36H27F3O2. The molecule has 0 spiro atoms. The molecule has 0 saturated heterocycles. The molecule has 2 aliphatic rings. The summed E-state index contributed by atoms with van der Waals surface area (Å²) >= 11 is 0. The summed E-state index contributed by atoms with van der Waals surface area (Å²) in [6, 6.07) is 29.3. The predicted octanol–water partition coefficient (Wildman–Crippen LogP) is 9.52. The summed E-state index contributed by atoms with van der Waals surface area (Å²) in [4.78, 5) is 0. The van der Waals surface area contributed by atoms with Crippen LogP contribution in [0.3, 0.4) is 0 Å². The number of hydrogen-bond donors (Lipinski definition) is 0. The first-order valence-electron chi connectivity index (χ1n) is 13.5. The Morgan fingerprint density at radius 1 is 0.756 bits per heavy atom. The summed E-state index contributed by atoms with van der Waals surface area (Å²) < 4.78 is 54.5. The highest BCUT2D eigenvalue weighted by Gasteiger charge is 2.45. The molecule has 7 rings (SSSR count). The maximum absolute atomic E-state index is 13.9. The minimum absolute atomic E-state index is 0.410. The first-order valence-corrected chi connectivity index (χ1v) is 13.5. The van der Waals surface area contributed by atoms with E-state index in [-0.39, 0.29) is 0 Å². The highest BCUT2D eigenvalue weighted by Crippen LogP contribution is 2.59. The second kappa shape index (κ2) is 8.74. The molecule has 1 unspecified atom stereocenters. The van der Waals surface area contributed by atoms with E-state index in [9.17, 15) is 13.2 Å². The Hall–Kier alpha value is -4.51. The van der Waals surface area contributed by atoms with Crippen LogP contribution in [0.15, 0.2) is 103 Å². The Labute approximate surface area is 236 Å². The van der Waals surface area contributed by atoms with Crippen LogP contribution < -0.4 is 9.47 Å². The number of alkyl halides is 3. The Balaban J connectivity index is 1.58. The second-order valence-corrected chi connectivity index (χ2v) is 11.2. The molecular weight excluding hydrogens is 521 g/mol. The normalized spacial score (nSPS) is 18.4. The average molecular weight is 549 g/mol. The monoisotopic (exact) mass is 548 g/mol. The van der Waals surface area contributed by atoms with Gasteiger partial charge in [0.2, 0.25) is 0 Å². The maximum Gasteiger partial charge on any atom is 0.416 e. The van der Waals surface area contributed by atoms with Crippen molar-refractivity contribution in [3.63, 3.8) is 0 Å². The largest absolute Gasteiger partial charge is 0.497 e. The molecule has 1 aliphatic carbocycles. The van der Waals surface area contributed by atoms with E-state index in [0.717, 1.165) is 50.4 Å². The molecule has 41 heavy (non-hydrogen) atoms. The fourth-order valence-corrected chi connectivity index (χ4v) is 6.61. The van der Waals surface area contributed by atoms with Crippen molar-refractivity contribution in [3.05, 3.63) is 137 Å². The van der Waals surface area contributed by atoms with Gasteiger partial charge in [-0.25, -0.2) is 0 Å². The molecule has 0 radical (unpaired) electrons.